The van der Waals surface area contributed by atoms with Gasteiger partial charge >= 0.3 is 0 Å². The minimum absolute atomic E-state index is 0. The van der Waals surface area contributed by atoms with E-state index >= 15 is 0 Å². The number of hydrogen-bond donors (Lipinski definition) is 2. The minimum Gasteiger partial charge on any atom is -1.00 e. The molecule has 1 aliphatic heterocycles. The summed E-state index contributed by atoms with van der Waals surface area (Å²) in [7, 11) is 0. The molecule has 0 bridgehead atoms. The lowest BCUT2D eigenvalue weighted by Gasteiger charge is -2.13. The van der Waals surface area contributed by atoms with Gasteiger partial charge in [0.1, 0.15) is 6.26 Å². The Hall–Kier alpha value is -1.13. The van der Waals surface area contributed by atoms with E-state index in [9.17, 15) is 4.79 Å². The number of carbonyl (C=O) groups is 1. The SMILES string of the molecule is C[S+]1NC(=O)C=C(Cc2ccccc2)N1.[Cl-]. The van der Waals surface area contributed by atoms with E-state index in [4.69, 9.17) is 0 Å². The molecule has 0 saturated heterocycles. The van der Waals surface area contributed by atoms with Crippen LogP contribution in [0.4, 0.5) is 0 Å². The Morgan fingerprint density at radius 2 is 1.88 bits per heavy atom. The number of benzene rings is 1. The second-order valence-electron chi connectivity index (χ2n) is 3.41. The van der Waals surface area contributed by atoms with Gasteiger partial charge in [-0.3, -0.25) is 4.79 Å². The molecule has 0 spiro atoms. The van der Waals surface area contributed by atoms with Gasteiger partial charge in [0.2, 0.25) is 11.3 Å². The van der Waals surface area contributed by atoms with Crippen molar-refractivity contribution in [3.05, 3.63) is 47.7 Å². The second kappa shape index (κ2) is 5.82. The molecule has 2 N–H and O–H groups in total. The third kappa shape index (κ3) is 3.47. The maximum atomic E-state index is 11.3. The Kier molecular flexibility index (Phi) is 4.71. The van der Waals surface area contributed by atoms with Gasteiger partial charge in [-0.2, -0.15) is 4.72 Å². The summed E-state index contributed by atoms with van der Waals surface area (Å²) in [5.41, 5.74) is 2.19. The molecule has 1 atom stereocenters. The summed E-state index contributed by atoms with van der Waals surface area (Å²) in [4.78, 5) is 11.3. The number of carbonyl (C=O) groups excluding carboxylic acids is 1. The molecule has 16 heavy (non-hydrogen) atoms. The monoisotopic (exact) mass is 256 g/mol. The van der Waals surface area contributed by atoms with Crippen LogP contribution in [0.5, 0.6) is 0 Å². The first-order valence-corrected chi connectivity index (χ1v) is 6.35. The Labute approximate surface area is 104 Å². The molecule has 1 heterocycles. The Morgan fingerprint density at radius 1 is 1.19 bits per heavy atom. The molecule has 1 unspecified atom stereocenters. The predicted octanol–water partition coefficient (Wildman–Crippen LogP) is -2.09. The van der Waals surface area contributed by atoms with Crippen molar-refractivity contribution in [2.45, 2.75) is 6.42 Å². The third-order valence-corrected chi connectivity index (χ3v) is 3.16. The quantitative estimate of drug-likeness (QED) is 0.596. The highest BCUT2D eigenvalue weighted by atomic mass is 35.5. The van der Waals surface area contributed by atoms with Crippen molar-refractivity contribution < 1.29 is 17.2 Å². The standard InChI is InChI=1S/C11H12N2OS.ClH/c1-15-12-10(8-11(14)13-15)7-9-5-3-2-4-6-9;/h2-6,8H,7H2,1H3,(H,12,13,14);1H. The summed E-state index contributed by atoms with van der Waals surface area (Å²) in [5.74, 6) is -0.00878. The van der Waals surface area contributed by atoms with Crippen LogP contribution in [-0.2, 0) is 22.5 Å². The van der Waals surface area contributed by atoms with E-state index in [0.717, 1.165) is 12.1 Å². The Bertz CT molecular complexity index is 394. The number of amides is 1. The van der Waals surface area contributed by atoms with Gasteiger partial charge in [-0.1, -0.05) is 30.3 Å². The molecule has 5 heteroatoms. The molecule has 86 valence electrons. The van der Waals surface area contributed by atoms with Crippen LogP contribution in [0.3, 0.4) is 0 Å². The highest BCUT2D eigenvalue weighted by Crippen LogP contribution is 2.08. The summed E-state index contributed by atoms with van der Waals surface area (Å²) in [6.45, 7) is 0. The van der Waals surface area contributed by atoms with Gasteiger partial charge in [0, 0.05) is 12.5 Å². The van der Waals surface area contributed by atoms with E-state index in [1.54, 1.807) is 6.08 Å². The summed E-state index contributed by atoms with van der Waals surface area (Å²) >= 11 is -0.242. The molecule has 0 radical (unpaired) electrons. The van der Waals surface area contributed by atoms with Crippen molar-refractivity contribution in [1.29, 1.82) is 0 Å². The van der Waals surface area contributed by atoms with Gasteiger partial charge < -0.3 is 12.4 Å². The highest BCUT2D eigenvalue weighted by molar-refractivity contribution is 7.93. The molecular weight excluding hydrogens is 244 g/mol. The van der Waals surface area contributed by atoms with Crippen LogP contribution < -0.4 is 21.9 Å². The number of nitrogens with one attached hydrogen (secondary N) is 2. The lowest BCUT2D eigenvalue weighted by molar-refractivity contribution is -0.114. The zero-order chi connectivity index (χ0) is 10.7. The van der Waals surface area contributed by atoms with Crippen molar-refractivity contribution in [1.82, 2.24) is 9.44 Å². The van der Waals surface area contributed by atoms with Crippen LogP contribution in [0, 0.1) is 0 Å². The second-order valence-corrected chi connectivity index (χ2v) is 4.84. The average Bonchev–Trinajstić information content (AvgIpc) is 2.17. The van der Waals surface area contributed by atoms with Gasteiger partial charge in [-0.05, 0) is 5.56 Å². The van der Waals surface area contributed by atoms with E-state index in [1.165, 1.54) is 5.56 Å². The molecule has 1 aromatic rings. The molecule has 0 aromatic heterocycles. The lowest BCUT2D eigenvalue weighted by atomic mass is 10.1. The molecule has 1 amide bonds. The lowest BCUT2D eigenvalue weighted by Crippen LogP contribution is -3.00. The van der Waals surface area contributed by atoms with Gasteiger partial charge in [-0.25, -0.2) is 0 Å². The highest BCUT2D eigenvalue weighted by Gasteiger charge is 2.22. The number of halogens is 1. The molecule has 0 fully saturated rings. The maximum absolute atomic E-state index is 11.3. The van der Waals surface area contributed by atoms with E-state index in [-0.39, 0.29) is 29.6 Å². The van der Waals surface area contributed by atoms with Gasteiger partial charge in [0.25, 0.3) is 5.91 Å². The van der Waals surface area contributed by atoms with Crippen LogP contribution in [0.25, 0.3) is 0 Å². The van der Waals surface area contributed by atoms with Gasteiger partial charge in [-0.15, -0.1) is 4.72 Å². The fraction of sp³-hybridized carbons (Fsp3) is 0.182. The molecule has 1 aromatic carbocycles. The predicted molar refractivity (Wildman–Crippen MR) is 62.8 cm³/mol. The van der Waals surface area contributed by atoms with Gasteiger partial charge in [0.05, 0.1) is 5.70 Å². The summed E-state index contributed by atoms with van der Waals surface area (Å²) in [5, 5.41) is 0. The minimum atomic E-state index is -0.242. The Balaban J connectivity index is 0.00000128. The van der Waals surface area contributed by atoms with E-state index in [2.05, 4.69) is 21.6 Å². The normalized spacial score (nSPS) is 18.9. The molecule has 1 aliphatic rings. The maximum Gasteiger partial charge on any atom is 0.288 e. The van der Waals surface area contributed by atoms with E-state index in [0.29, 0.717) is 0 Å². The number of allylic oxidation sites excluding steroid dienone is 1. The largest absolute Gasteiger partial charge is 1.00 e. The van der Waals surface area contributed by atoms with Crippen LogP contribution in [0.15, 0.2) is 42.1 Å². The number of hydrogen-bond acceptors (Lipinski definition) is 2. The van der Waals surface area contributed by atoms with E-state index in [1.807, 2.05) is 24.5 Å². The number of rotatable bonds is 2. The fourth-order valence-corrected chi connectivity index (χ4v) is 2.43. The molecule has 0 saturated carbocycles. The fourth-order valence-electron chi connectivity index (χ4n) is 1.49. The summed E-state index contributed by atoms with van der Waals surface area (Å²) < 4.78 is 6.05. The molecule has 2 rings (SSSR count). The molecular formula is C11H13ClN2OS. The van der Waals surface area contributed by atoms with Crippen LogP contribution in [0.2, 0.25) is 0 Å². The van der Waals surface area contributed by atoms with Crippen LogP contribution >= 0.6 is 0 Å². The molecule has 3 nitrogen and oxygen atoms in total. The van der Waals surface area contributed by atoms with Crippen molar-refractivity contribution >= 4 is 17.2 Å². The summed E-state index contributed by atoms with van der Waals surface area (Å²) in [6, 6.07) is 10.1. The topological polar surface area (TPSA) is 41.1 Å². The zero-order valence-electron chi connectivity index (χ0n) is 8.87. The first-order valence-electron chi connectivity index (χ1n) is 4.72. The molecule has 0 aliphatic carbocycles. The first kappa shape index (κ1) is 12.9. The van der Waals surface area contributed by atoms with Crippen molar-refractivity contribution in [3.8, 4) is 0 Å². The van der Waals surface area contributed by atoms with Crippen molar-refractivity contribution in [2.75, 3.05) is 6.26 Å². The average molecular weight is 257 g/mol. The van der Waals surface area contributed by atoms with Crippen molar-refractivity contribution in [2.24, 2.45) is 0 Å². The van der Waals surface area contributed by atoms with E-state index < -0.39 is 0 Å². The third-order valence-electron chi connectivity index (χ3n) is 2.08. The van der Waals surface area contributed by atoms with Crippen molar-refractivity contribution in [3.63, 3.8) is 0 Å². The zero-order valence-corrected chi connectivity index (χ0v) is 10.4. The first-order chi connectivity index (χ1) is 7.24. The summed E-state index contributed by atoms with van der Waals surface area (Å²) in [6.07, 6.45) is 4.36. The van der Waals surface area contributed by atoms with Crippen LogP contribution in [0.1, 0.15) is 5.56 Å². The van der Waals surface area contributed by atoms with Crippen LogP contribution in [-0.4, -0.2) is 12.2 Å². The smallest absolute Gasteiger partial charge is 0.288 e. The Morgan fingerprint density at radius 3 is 2.50 bits per heavy atom. The van der Waals surface area contributed by atoms with Gasteiger partial charge in [0.15, 0.2) is 0 Å².